The van der Waals surface area contributed by atoms with Crippen molar-refractivity contribution < 1.29 is 0 Å². The van der Waals surface area contributed by atoms with Crippen molar-refractivity contribution in [1.29, 1.82) is 0 Å². The van der Waals surface area contributed by atoms with Crippen molar-refractivity contribution in [3.8, 4) is 0 Å². The number of benzene rings is 2. The summed E-state index contributed by atoms with van der Waals surface area (Å²) in [4.78, 5) is 9.30. The number of hydrogen-bond donors (Lipinski definition) is 2. The van der Waals surface area contributed by atoms with Crippen LogP contribution in [0, 0.1) is 0 Å². The van der Waals surface area contributed by atoms with Gasteiger partial charge in [0.15, 0.2) is 0 Å². The van der Waals surface area contributed by atoms with Gasteiger partial charge in [-0.3, -0.25) is 4.68 Å². The molecule has 0 amide bonds. The Morgan fingerprint density at radius 3 is 2.56 bits per heavy atom. The third-order valence-corrected chi connectivity index (χ3v) is 4.47. The normalized spacial score (nSPS) is 11.0. The van der Waals surface area contributed by atoms with Crippen LogP contribution in [0.4, 0.5) is 5.82 Å². The van der Waals surface area contributed by atoms with Crippen LogP contribution in [-0.2, 0) is 19.5 Å². The van der Waals surface area contributed by atoms with Gasteiger partial charge in [-0.25, -0.2) is 9.97 Å². The monoisotopic (exact) mass is 358 g/mol. The van der Waals surface area contributed by atoms with Gasteiger partial charge in [-0.1, -0.05) is 36.4 Å². The highest BCUT2D eigenvalue weighted by atomic mass is 15.3. The van der Waals surface area contributed by atoms with E-state index in [0.29, 0.717) is 19.5 Å². The first-order valence-corrected chi connectivity index (χ1v) is 9.07. The van der Waals surface area contributed by atoms with Gasteiger partial charge in [0, 0.05) is 30.7 Å². The van der Waals surface area contributed by atoms with Gasteiger partial charge in [-0.2, -0.15) is 5.10 Å². The second-order valence-electron chi connectivity index (χ2n) is 6.37. The van der Waals surface area contributed by atoms with Gasteiger partial charge in [0.05, 0.1) is 12.1 Å². The summed E-state index contributed by atoms with van der Waals surface area (Å²) in [5.41, 5.74) is 9.08. The zero-order valence-electron chi connectivity index (χ0n) is 15.0. The molecule has 4 aromatic rings. The van der Waals surface area contributed by atoms with Gasteiger partial charge in [0.1, 0.15) is 11.6 Å². The Balaban J connectivity index is 1.60. The number of rotatable bonds is 7. The standard InChI is InChI=1S/C21H22N6/c22-11-10-20-25-19-9-4-3-8-18(19)21(26-20)23-14-16-6-1-2-7-17(16)15-27-13-5-12-24-27/h1-9,12-13H,10-11,14-15,22H2,(H,23,25,26). The zero-order valence-corrected chi connectivity index (χ0v) is 15.0. The minimum absolute atomic E-state index is 0.532. The fraction of sp³-hybridized carbons (Fsp3) is 0.190. The first kappa shape index (κ1) is 17.2. The maximum absolute atomic E-state index is 5.70. The molecule has 0 saturated heterocycles. The molecule has 0 atom stereocenters. The first-order chi connectivity index (χ1) is 13.3. The molecule has 0 fully saturated rings. The highest BCUT2D eigenvalue weighted by Crippen LogP contribution is 2.21. The van der Waals surface area contributed by atoms with Crippen LogP contribution in [0.3, 0.4) is 0 Å². The van der Waals surface area contributed by atoms with Crippen LogP contribution in [0.2, 0.25) is 0 Å². The molecular formula is C21H22N6. The third kappa shape index (κ3) is 3.96. The lowest BCUT2D eigenvalue weighted by Crippen LogP contribution is -2.11. The summed E-state index contributed by atoms with van der Waals surface area (Å²) in [5.74, 6) is 1.61. The molecule has 0 radical (unpaired) electrons. The van der Waals surface area contributed by atoms with E-state index in [-0.39, 0.29) is 0 Å². The minimum Gasteiger partial charge on any atom is -0.365 e. The number of fused-ring (bicyclic) bond motifs is 1. The topological polar surface area (TPSA) is 81.6 Å². The van der Waals surface area contributed by atoms with Gasteiger partial charge in [-0.15, -0.1) is 0 Å². The van der Waals surface area contributed by atoms with E-state index >= 15 is 0 Å². The smallest absolute Gasteiger partial charge is 0.137 e. The highest BCUT2D eigenvalue weighted by molar-refractivity contribution is 5.88. The lowest BCUT2D eigenvalue weighted by atomic mass is 10.1. The summed E-state index contributed by atoms with van der Waals surface area (Å²) >= 11 is 0. The maximum Gasteiger partial charge on any atom is 0.137 e. The predicted molar refractivity (Wildman–Crippen MR) is 107 cm³/mol. The molecule has 27 heavy (non-hydrogen) atoms. The molecule has 0 bridgehead atoms. The van der Waals surface area contributed by atoms with Gasteiger partial charge in [-0.05, 0) is 35.9 Å². The maximum atomic E-state index is 5.70. The van der Waals surface area contributed by atoms with Crippen LogP contribution >= 0.6 is 0 Å². The predicted octanol–water partition coefficient (Wildman–Crippen LogP) is 2.99. The van der Waals surface area contributed by atoms with Gasteiger partial charge >= 0.3 is 0 Å². The van der Waals surface area contributed by atoms with E-state index in [9.17, 15) is 0 Å². The molecule has 2 aromatic carbocycles. The molecule has 3 N–H and O–H groups in total. The Morgan fingerprint density at radius 2 is 1.74 bits per heavy atom. The van der Waals surface area contributed by atoms with Crippen LogP contribution in [0.15, 0.2) is 67.0 Å². The Bertz CT molecular complexity index is 1030. The van der Waals surface area contributed by atoms with Gasteiger partial charge in [0.2, 0.25) is 0 Å². The zero-order chi connectivity index (χ0) is 18.5. The number of para-hydroxylation sites is 1. The minimum atomic E-state index is 0.532. The Kier molecular flexibility index (Phi) is 5.07. The molecule has 0 aliphatic rings. The van der Waals surface area contributed by atoms with E-state index in [1.165, 1.54) is 11.1 Å². The Hall–Kier alpha value is -3.25. The molecular weight excluding hydrogens is 336 g/mol. The fourth-order valence-electron chi connectivity index (χ4n) is 3.13. The van der Waals surface area contributed by atoms with Gasteiger partial charge in [0.25, 0.3) is 0 Å². The summed E-state index contributed by atoms with van der Waals surface area (Å²) in [6, 6.07) is 18.4. The Labute approximate surface area is 158 Å². The van der Waals surface area contributed by atoms with Crippen molar-refractivity contribution in [2.45, 2.75) is 19.5 Å². The molecule has 2 heterocycles. The highest BCUT2D eigenvalue weighted by Gasteiger charge is 2.09. The second-order valence-corrected chi connectivity index (χ2v) is 6.37. The van der Waals surface area contributed by atoms with E-state index < -0.39 is 0 Å². The third-order valence-electron chi connectivity index (χ3n) is 4.47. The number of hydrogen-bond acceptors (Lipinski definition) is 5. The first-order valence-electron chi connectivity index (χ1n) is 9.07. The summed E-state index contributed by atoms with van der Waals surface area (Å²) in [6.45, 7) is 1.96. The van der Waals surface area contributed by atoms with Crippen molar-refractivity contribution in [3.63, 3.8) is 0 Å². The second kappa shape index (κ2) is 7.97. The molecule has 0 spiro atoms. The van der Waals surface area contributed by atoms with E-state index in [4.69, 9.17) is 10.7 Å². The summed E-state index contributed by atoms with van der Waals surface area (Å²) < 4.78 is 1.93. The summed E-state index contributed by atoms with van der Waals surface area (Å²) in [5, 5.41) is 8.83. The van der Waals surface area contributed by atoms with E-state index in [0.717, 1.165) is 29.1 Å². The fourth-order valence-corrected chi connectivity index (χ4v) is 3.13. The van der Waals surface area contributed by atoms with Crippen molar-refractivity contribution >= 4 is 16.7 Å². The average Bonchev–Trinajstić information content (AvgIpc) is 3.20. The number of anilines is 1. The molecule has 0 unspecified atom stereocenters. The van der Waals surface area contributed by atoms with Crippen LogP contribution in [-0.4, -0.2) is 26.3 Å². The average molecular weight is 358 g/mol. The molecule has 0 aliphatic carbocycles. The molecule has 0 aliphatic heterocycles. The molecule has 2 aromatic heterocycles. The molecule has 136 valence electrons. The van der Waals surface area contributed by atoms with Crippen molar-refractivity contribution in [2.75, 3.05) is 11.9 Å². The Morgan fingerprint density at radius 1 is 0.926 bits per heavy atom. The molecule has 4 rings (SSSR count). The lowest BCUT2D eigenvalue weighted by molar-refractivity contribution is 0.682. The summed E-state index contributed by atoms with van der Waals surface area (Å²) in [7, 11) is 0. The van der Waals surface area contributed by atoms with E-state index in [1.807, 2.05) is 41.2 Å². The molecule has 6 heteroatoms. The number of nitrogens with zero attached hydrogens (tertiary/aromatic N) is 4. The number of nitrogens with one attached hydrogen (secondary N) is 1. The van der Waals surface area contributed by atoms with E-state index in [2.05, 4.69) is 39.7 Å². The van der Waals surface area contributed by atoms with Crippen molar-refractivity contribution in [1.82, 2.24) is 19.7 Å². The van der Waals surface area contributed by atoms with Crippen LogP contribution < -0.4 is 11.1 Å². The summed E-state index contributed by atoms with van der Waals surface area (Å²) in [6.07, 6.45) is 4.43. The van der Waals surface area contributed by atoms with Crippen LogP contribution in [0.25, 0.3) is 10.9 Å². The van der Waals surface area contributed by atoms with Crippen molar-refractivity contribution in [2.24, 2.45) is 5.73 Å². The largest absolute Gasteiger partial charge is 0.365 e. The van der Waals surface area contributed by atoms with Crippen LogP contribution in [0.1, 0.15) is 17.0 Å². The molecule has 0 saturated carbocycles. The van der Waals surface area contributed by atoms with E-state index in [1.54, 1.807) is 6.20 Å². The van der Waals surface area contributed by atoms with Gasteiger partial charge < -0.3 is 11.1 Å². The van der Waals surface area contributed by atoms with Crippen molar-refractivity contribution in [3.05, 3.63) is 83.9 Å². The quantitative estimate of drug-likeness (QED) is 0.531. The SMILES string of the molecule is NCCc1nc(NCc2ccccc2Cn2cccn2)c2ccccc2n1. The number of aromatic nitrogens is 4. The molecule has 6 nitrogen and oxygen atoms in total. The number of nitrogens with two attached hydrogens (primary N) is 1. The van der Waals surface area contributed by atoms with Crippen LogP contribution in [0.5, 0.6) is 0 Å². The lowest BCUT2D eigenvalue weighted by Gasteiger charge is -2.13.